The maximum atomic E-state index is 9.07. The molecular weight excluding hydrogens is 178 g/mol. The molecule has 0 amide bonds. The highest BCUT2D eigenvalue weighted by molar-refractivity contribution is 5.29. The van der Waals surface area contributed by atoms with Crippen molar-refractivity contribution < 1.29 is 9.84 Å². The van der Waals surface area contributed by atoms with Crippen molar-refractivity contribution in [2.45, 2.75) is 12.8 Å². The minimum Gasteiger partial charge on any atom is -0.508 e. The van der Waals surface area contributed by atoms with Crippen molar-refractivity contribution in [3.8, 4) is 11.5 Å². The van der Waals surface area contributed by atoms with E-state index in [1.54, 1.807) is 24.3 Å². The maximum Gasteiger partial charge on any atom is 0.142 e. The summed E-state index contributed by atoms with van der Waals surface area (Å²) >= 11 is 0. The van der Waals surface area contributed by atoms with E-state index in [2.05, 4.69) is 4.90 Å². The van der Waals surface area contributed by atoms with Crippen molar-refractivity contribution in [3.05, 3.63) is 24.3 Å². The van der Waals surface area contributed by atoms with Gasteiger partial charge in [0.1, 0.15) is 18.2 Å². The van der Waals surface area contributed by atoms with Crippen molar-refractivity contribution >= 4 is 0 Å². The number of aromatic hydroxyl groups is 1. The summed E-state index contributed by atoms with van der Waals surface area (Å²) in [6.45, 7) is 2.93. The zero-order chi connectivity index (χ0) is 9.80. The van der Waals surface area contributed by atoms with E-state index in [-0.39, 0.29) is 5.75 Å². The van der Waals surface area contributed by atoms with Gasteiger partial charge in [0, 0.05) is 13.1 Å². The maximum absolute atomic E-state index is 9.07. The molecule has 0 radical (unpaired) electrons. The highest BCUT2D eigenvalue weighted by Gasteiger charge is 2.11. The van der Waals surface area contributed by atoms with Gasteiger partial charge in [-0.2, -0.15) is 0 Å². The fourth-order valence-corrected chi connectivity index (χ4v) is 1.62. The van der Waals surface area contributed by atoms with Crippen LogP contribution in [0.4, 0.5) is 0 Å². The third-order valence-corrected chi connectivity index (χ3v) is 2.45. The molecule has 0 saturated carbocycles. The van der Waals surface area contributed by atoms with Crippen molar-refractivity contribution in [1.29, 1.82) is 0 Å². The lowest BCUT2D eigenvalue weighted by molar-refractivity contribution is 0.152. The Morgan fingerprint density at radius 3 is 2.43 bits per heavy atom. The Morgan fingerprint density at radius 2 is 1.79 bits per heavy atom. The van der Waals surface area contributed by atoms with Crippen LogP contribution in [0.25, 0.3) is 0 Å². The van der Waals surface area contributed by atoms with Gasteiger partial charge in [0.15, 0.2) is 0 Å². The average Bonchev–Trinajstić information content (AvgIpc) is 2.70. The Kier molecular flexibility index (Phi) is 2.89. The van der Waals surface area contributed by atoms with Gasteiger partial charge in [-0.05, 0) is 37.1 Å². The Balaban J connectivity index is 1.82. The molecule has 1 fully saturated rings. The second-order valence-electron chi connectivity index (χ2n) is 3.59. The van der Waals surface area contributed by atoms with Crippen molar-refractivity contribution in [3.63, 3.8) is 0 Å². The summed E-state index contributed by atoms with van der Waals surface area (Å²) in [4.78, 5) is 2.28. The lowest BCUT2D eigenvalue weighted by Gasteiger charge is -2.15. The fraction of sp³-hybridized carbons (Fsp3) is 0.455. The molecule has 1 aromatic carbocycles. The summed E-state index contributed by atoms with van der Waals surface area (Å²) in [6.07, 6.45) is 2.55. The SMILES string of the molecule is Oc1ccc(OCN2CCCC2)cc1. The number of ether oxygens (including phenoxy) is 1. The minimum atomic E-state index is 0.276. The third-order valence-electron chi connectivity index (χ3n) is 2.45. The number of hydrogen-bond acceptors (Lipinski definition) is 3. The molecule has 3 nitrogen and oxygen atoms in total. The van der Waals surface area contributed by atoms with Crippen LogP contribution < -0.4 is 4.74 Å². The monoisotopic (exact) mass is 193 g/mol. The average molecular weight is 193 g/mol. The molecule has 0 aromatic heterocycles. The Labute approximate surface area is 83.9 Å². The minimum absolute atomic E-state index is 0.276. The molecule has 1 saturated heterocycles. The van der Waals surface area contributed by atoms with E-state index >= 15 is 0 Å². The molecule has 1 N–H and O–H groups in total. The fourth-order valence-electron chi connectivity index (χ4n) is 1.62. The van der Waals surface area contributed by atoms with Crippen LogP contribution in [0.2, 0.25) is 0 Å². The van der Waals surface area contributed by atoms with E-state index in [1.807, 2.05) is 0 Å². The van der Waals surface area contributed by atoms with Gasteiger partial charge >= 0.3 is 0 Å². The standard InChI is InChI=1S/C11H15NO2/c13-10-3-5-11(6-4-10)14-9-12-7-1-2-8-12/h3-6,13H,1-2,7-9H2. The second kappa shape index (κ2) is 4.33. The van der Waals surface area contributed by atoms with Gasteiger partial charge in [0.05, 0.1) is 0 Å². The van der Waals surface area contributed by atoms with Crippen LogP contribution in [-0.4, -0.2) is 29.8 Å². The van der Waals surface area contributed by atoms with E-state index in [1.165, 1.54) is 12.8 Å². The van der Waals surface area contributed by atoms with Crippen LogP contribution >= 0.6 is 0 Å². The molecule has 1 heterocycles. The van der Waals surface area contributed by atoms with Crippen LogP contribution in [0.1, 0.15) is 12.8 Å². The summed E-state index contributed by atoms with van der Waals surface area (Å²) in [5.41, 5.74) is 0. The number of phenols is 1. The summed E-state index contributed by atoms with van der Waals surface area (Å²) < 4.78 is 5.56. The molecule has 1 aliphatic rings. The van der Waals surface area contributed by atoms with Crippen molar-refractivity contribution in [1.82, 2.24) is 4.90 Å². The molecule has 0 atom stereocenters. The summed E-state index contributed by atoms with van der Waals surface area (Å²) in [6, 6.07) is 6.84. The third kappa shape index (κ3) is 2.39. The molecule has 2 rings (SSSR count). The van der Waals surface area contributed by atoms with Gasteiger partial charge in [0.2, 0.25) is 0 Å². The van der Waals surface area contributed by atoms with Gasteiger partial charge in [-0.15, -0.1) is 0 Å². The molecule has 14 heavy (non-hydrogen) atoms. The topological polar surface area (TPSA) is 32.7 Å². The molecule has 0 bridgehead atoms. The first-order valence-corrected chi connectivity index (χ1v) is 4.99. The first kappa shape index (κ1) is 9.34. The molecule has 1 aromatic rings. The summed E-state index contributed by atoms with van der Waals surface area (Å²) in [5.74, 6) is 1.09. The van der Waals surface area contributed by atoms with Gasteiger partial charge in [-0.25, -0.2) is 0 Å². The summed E-state index contributed by atoms with van der Waals surface area (Å²) in [7, 11) is 0. The smallest absolute Gasteiger partial charge is 0.142 e. The van der Waals surface area contributed by atoms with Crippen LogP contribution in [0.15, 0.2) is 24.3 Å². The highest BCUT2D eigenvalue weighted by Crippen LogP contribution is 2.16. The first-order valence-electron chi connectivity index (χ1n) is 4.99. The molecule has 1 aliphatic heterocycles. The second-order valence-corrected chi connectivity index (χ2v) is 3.59. The largest absolute Gasteiger partial charge is 0.508 e. The van der Waals surface area contributed by atoms with E-state index in [4.69, 9.17) is 9.84 Å². The number of likely N-dealkylation sites (tertiary alicyclic amines) is 1. The first-order chi connectivity index (χ1) is 6.84. The summed E-state index contributed by atoms with van der Waals surface area (Å²) in [5, 5.41) is 9.07. The lowest BCUT2D eigenvalue weighted by Crippen LogP contribution is -2.24. The number of nitrogens with zero attached hydrogens (tertiary/aromatic N) is 1. The van der Waals surface area contributed by atoms with Crippen molar-refractivity contribution in [2.75, 3.05) is 19.8 Å². The Morgan fingerprint density at radius 1 is 1.14 bits per heavy atom. The van der Waals surface area contributed by atoms with Crippen LogP contribution in [0.5, 0.6) is 11.5 Å². The van der Waals surface area contributed by atoms with Crippen LogP contribution in [0.3, 0.4) is 0 Å². The predicted octanol–water partition coefficient (Wildman–Crippen LogP) is 1.82. The molecule has 0 aliphatic carbocycles. The number of hydrogen-bond donors (Lipinski definition) is 1. The molecule has 3 heteroatoms. The van der Waals surface area contributed by atoms with E-state index in [0.717, 1.165) is 18.8 Å². The zero-order valence-electron chi connectivity index (χ0n) is 8.15. The molecule has 0 spiro atoms. The number of rotatable bonds is 3. The molecule has 0 unspecified atom stereocenters. The Hall–Kier alpha value is -1.22. The van der Waals surface area contributed by atoms with Crippen LogP contribution in [0, 0.1) is 0 Å². The van der Waals surface area contributed by atoms with Crippen LogP contribution in [-0.2, 0) is 0 Å². The Bertz CT molecular complexity index is 278. The number of benzene rings is 1. The predicted molar refractivity (Wildman–Crippen MR) is 54.4 cm³/mol. The van der Waals surface area contributed by atoms with Gasteiger partial charge in [-0.1, -0.05) is 0 Å². The van der Waals surface area contributed by atoms with Gasteiger partial charge in [-0.3, -0.25) is 4.90 Å². The highest BCUT2D eigenvalue weighted by atomic mass is 16.5. The number of phenolic OH excluding ortho intramolecular Hbond substituents is 1. The van der Waals surface area contributed by atoms with E-state index < -0.39 is 0 Å². The van der Waals surface area contributed by atoms with E-state index in [0.29, 0.717) is 6.73 Å². The molecule has 76 valence electrons. The quantitative estimate of drug-likeness (QED) is 0.794. The van der Waals surface area contributed by atoms with Gasteiger partial charge < -0.3 is 9.84 Å². The normalized spacial score (nSPS) is 17.1. The van der Waals surface area contributed by atoms with Gasteiger partial charge in [0.25, 0.3) is 0 Å². The van der Waals surface area contributed by atoms with Crippen molar-refractivity contribution in [2.24, 2.45) is 0 Å². The molecular formula is C11H15NO2. The lowest BCUT2D eigenvalue weighted by atomic mass is 10.3. The zero-order valence-corrected chi connectivity index (χ0v) is 8.15. The van der Waals surface area contributed by atoms with E-state index in [9.17, 15) is 0 Å².